The lowest BCUT2D eigenvalue weighted by molar-refractivity contribution is -0.161. The van der Waals surface area contributed by atoms with Crippen molar-refractivity contribution in [1.29, 1.82) is 0 Å². The first kappa shape index (κ1) is 54.7. The highest BCUT2D eigenvalue weighted by molar-refractivity contribution is 7.47. The number of rotatable bonds is 35. The molecule has 0 heterocycles. The molecule has 0 fully saturated rings. The highest BCUT2D eigenvalue weighted by Gasteiger charge is 2.28. The summed E-state index contributed by atoms with van der Waals surface area (Å²) in [7, 11) is -9.80. The minimum Gasteiger partial charge on any atom is -0.462 e. The van der Waals surface area contributed by atoms with Crippen LogP contribution < -0.4 is 0 Å². The topological polar surface area (TPSA) is 256 Å². The Morgan fingerprint density at radius 1 is 0.632 bits per heavy atom. The number of allylic oxidation sites excluding steroid dienone is 7. The molecular weight excluding hydrogens is 786 g/mol. The van der Waals surface area contributed by atoms with E-state index >= 15 is 0 Å². The normalized spacial score (nSPS) is 16.5. The molecule has 330 valence electrons. The Hall–Kier alpha value is -2.30. The van der Waals surface area contributed by atoms with E-state index in [0.717, 1.165) is 32.1 Å². The molecule has 0 aliphatic rings. The maximum absolute atomic E-state index is 12.6. The van der Waals surface area contributed by atoms with E-state index in [0.29, 0.717) is 18.8 Å². The number of unbranched alkanes of at least 4 members (excludes halogenated alkanes) is 6. The second kappa shape index (κ2) is 33.5. The number of hydrogen-bond acceptors (Lipinski definition) is 13. The van der Waals surface area contributed by atoms with E-state index in [1.165, 1.54) is 25.3 Å². The van der Waals surface area contributed by atoms with E-state index < -0.39 is 84.5 Å². The molecule has 0 aromatic rings. The number of carbonyl (C=O) groups excluding carboxylic acids is 2. The third-order valence-electron chi connectivity index (χ3n) is 7.93. The van der Waals surface area contributed by atoms with Crippen LogP contribution in [0.3, 0.4) is 0 Å². The molecule has 1 unspecified atom stereocenters. The number of phosphoric acid groups is 2. The molecule has 0 rings (SSSR count). The SMILES string of the molecule is CC/C=C\C[C@H](O)/C=C/C=C/C=C\C=C/[C@@H](O)[C@H](O)CCCC(=O)O[C@H](COC(=O)CCCCCCCCCC(C)C)COP(=O)(O)OC[C@@H](O)COP(=O)(O)O. The summed E-state index contributed by atoms with van der Waals surface area (Å²) in [6.45, 7) is 3.35. The van der Waals surface area contributed by atoms with Gasteiger partial charge in [-0.05, 0) is 38.0 Å². The van der Waals surface area contributed by atoms with E-state index in [1.807, 2.05) is 19.1 Å². The quantitative estimate of drug-likeness (QED) is 0.0126. The highest BCUT2D eigenvalue weighted by Crippen LogP contribution is 2.43. The van der Waals surface area contributed by atoms with E-state index in [4.69, 9.17) is 23.8 Å². The lowest BCUT2D eigenvalue weighted by Gasteiger charge is -2.21. The van der Waals surface area contributed by atoms with Crippen molar-refractivity contribution in [3.05, 3.63) is 60.8 Å². The van der Waals surface area contributed by atoms with Gasteiger partial charge in [0.1, 0.15) is 12.7 Å². The third kappa shape index (κ3) is 36.5. The lowest BCUT2D eigenvalue weighted by Crippen LogP contribution is -2.30. The second-order valence-electron chi connectivity index (χ2n) is 13.9. The van der Waals surface area contributed by atoms with Crippen LogP contribution in [0.4, 0.5) is 0 Å². The van der Waals surface area contributed by atoms with Crippen LogP contribution >= 0.6 is 15.6 Å². The van der Waals surface area contributed by atoms with Crippen molar-refractivity contribution in [2.24, 2.45) is 5.92 Å². The van der Waals surface area contributed by atoms with Crippen molar-refractivity contribution < 1.29 is 76.9 Å². The number of aliphatic hydroxyl groups is 4. The zero-order valence-electron chi connectivity index (χ0n) is 33.7. The zero-order chi connectivity index (χ0) is 43.0. The molecule has 16 nitrogen and oxygen atoms in total. The van der Waals surface area contributed by atoms with Crippen molar-refractivity contribution in [3.8, 4) is 0 Å². The summed E-state index contributed by atoms with van der Waals surface area (Å²) in [6.07, 6.45) is 20.6. The summed E-state index contributed by atoms with van der Waals surface area (Å²) in [5.41, 5.74) is 0. The summed E-state index contributed by atoms with van der Waals surface area (Å²) in [5, 5.41) is 40.1. The summed E-state index contributed by atoms with van der Waals surface area (Å²) in [5.74, 6) is -0.678. The average Bonchev–Trinajstić information content (AvgIpc) is 3.14. The minimum absolute atomic E-state index is 0.0205. The van der Waals surface area contributed by atoms with Gasteiger partial charge < -0.3 is 44.6 Å². The van der Waals surface area contributed by atoms with E-state index in [9.17, 15) is 44.0 Å². The lowest BCUT2D eigenvalue weighted by atomic mass is 10.0. The maximum atomic E-state index is 12.6. The van der Waals surface area contributed by atoms with Gasteiger partial charge in [-0.15, -0.1) is 0 Å². The first-order valence-electron chi connectivity index (χ1n) is 19.7. The molecule has 0 aromatic carbocycles. The fourth-order valence-corrected chi connectivity index (χ4v) is 5.97. The van der Waals surface area contributed by atoms with Crippen LogP contribution in [-0.2, 0) is 41.8 Å². The predicted molar refractivity (Wildman–Crippen MR) is 215 cm³/mol. The molecule has 0 saturated carbocycles. The number of hydrogen-bond donors (Lipinski definition) is 7. The molecule has 0 bridgehead atoms. The van der Waals surface area contributed by atoms with Gasteiger partial charge in [-0.1, -0.05) is 126 Å². The zero-order valence-corrected chi connectivity index (χ0v) is 35.5. The summed E-state index contributed by atoms with van der Waals surface area (Å²) < 4.78 is 47.3. The molecule has 0 aliphatic carbocycles. The van der Waals surface area contributed by atoms with Gasteiger partial charge in [0.2, 0.25) is 0 Å². The molecule has 0 aliphatic heterocycles. The number of carbonyl (C=O) groups is 2. The van der Waals surface area contributed by atoms with Gasteiger partial charge >= 0.3 is 27.6 Å². The van der Waals surface area contributed by atoms with Crippen LogP contribution in [0.5, 0.6) is 0 Å². The van der Waals surface area contributed by atoms with Crippen LogP contribution in [-0.4, -0.2) is 104 Å². The van der Waals surface area contributed by atoms with E-state index in [2.05, 4.69) is 22.9 Å². The van der Waals surface area contributed by atoms with Gasteiger partial charge in [0.05, 0.1) is 38.1 Å². The fourth-order valence-electron chi connectivity index (χ4n) is 4.81. The number of ether oxygens (including phenoxy) is 2. The molecule has 57 heavy (non-hydrogen) atoms. The van der Waals surface area contributed by atoms with Gasteiger partial charge in [-0.2, -0.15) is 0 Å². The van der Waals surface area contributed by atoms with Crippen molar-refractivity contribution in [1.82, 2.24) is 0 Å². The Morgan fingerprint density at radius 2 is 1.19 bits per heavy atom. The Bertz CT molecular complexity index is 1310. The maximum Gasteiger partial charge on any atom is 0.472 e. The monoisotopic (exact) mass is 854 g/mol. The third-order valence-corrected chi connectivity index (χ3v) is 9.37. The number of phosphoric ester groups is 2. The van der Waals surface area contributed by atoms with Crippen LogP contribution in [0, 0.1) is 5.92 Å². The van der Waals surface area contributed by atoms with E-state index in [-0.39, 0.29) is 25.7 Å². The Kier molecular flexibility index (Phi) is 32.2. The van der Waals surface area contributed by atoms with Crippen LogP contribution in [0.2, 0.25) is 0 Å². The minimum atomic E-state index is -4.90. The Labute approximate surface area is 338 Å². The van der Waals surface area contributed by atoms with Gasteiger partial charge in [0.25, 0.3) is 0 Å². The van der Waals surface area contributed by atoms with Gasteiger partial charge in [0.15, 0.2) is 6.10 Å². The molecule has 18 heteroatoms. The summed E-state index contributed by atoms with van der Waals surface area (Å²) in [4.78, 5) is 52.5. The number of aliphatic hydroxyl groups excluding tert-OH is 4. The van der Waals surface area contributed by atoms with Crippen molar-refractivity contribution in [2.45, 2.75) is 141 Å². The molecule has 0 aromatic heterocycles. The standard InChI is InChI=1S/C39H68O16P2/c1-4-5-15-22-33(40)23-17-12-9-10-13-18-24-36(42)37(43)25-20-27-39(45)55-35(31-54-57(49,50)53-29-34(41)28-52-56(46,47)48)30-51-38(44)26-19-14-8-6-7-11-16-21-32(2)3/h5,9-10,12-13,15,17-18,23-24,32-37,40-43H,4,6-8,11,14,16,19-22,25-31H2,1-3H3,(H,49,50)(H2,46,47,48)/b12-9+,13-10-,15-5-,23-17+,24-18-/t33-,34-,35+,36+,37+/m0/s1. The Morgan fingerprint density at radius 3 is 1.82 bits per heavy atom. The van der Waals surface area contributed by atoms with Crippen LogP contribution in [0.25, 0.3) is 0 Å². The van der Waals surface area contributed by atoms with Crippen molar-refractivity contribution in [2.75, 3.05) is 26.4 Å². The van der Waals surface area contributed by atoms with Gasteiger partial charge in [-0.3, -0.25) is 23.2 Å². The van der Waals surface area contributed by atoms with Crippen LogP contribution in [0.15, 0.2) is 60.8 Å². The highest BCUT2D eigenvalue weighted by atomic mass is 31.2. The number of esters is 2. The van der Waals surface area contributed by atoms with Gasteiger partial charge in [0, 0.05) is 12.8 Å². The average molecular weight is 855 g/mol. The fraction of sp³-hybridized carbons (Fsp3) is 0.692. The molecule has 7 N–H and O–H groups in total. The van der Waals surface area contributed by atoms with Crippen molar-refractivity contribution in [3.63, 3.8) is 0 Å². The largest absolute Gasteiger partial charge is 0.472 e. The summed E-state index contributed by atoms with van der Waals surface area (Å²) in [6, 6.07) is 0. The molecular formula is C39H68O16P2. The summed E-state index contributed by atoms with van der Waals surface area (Å²) >= 11 is 0. The molecule has 6 atom stereocenters. The second-order valence-corrected chi connectivity index (χ2v) is 16.6. The molecule has 0 saturated heterocycles. The van der Waals surface area contributed by atoms with Crippen molar-refractivity contribution >= 4 is 27.6 Å². The van der Waals surface area contributed by atoms with E-state index in [1.54, 1.807) is 42.5 Å². The first-order chi connectivity index (χ1) is 26.9. The smallest absolute Gasteiger partial charge is 0.462 e. The predicted octanol–water partition coefficient (Wildman–Crippen LogP) is 6.05. The molecule has 0 radical (unpaired) electrons. The Balaban J connectivity index is 4.94. The molecule has 0 spiro atoms. The molecule has 0 amide bonds. The van der Waals surface area contributed by atoms with Crippen LogP contribution in [0.1, 0.15) is 111 Å². The van der Waals surface area contributed by atoms with Gasteiger partial charge in [-0.25, -0.2) is 9.13 Å². The first-order valence-corrected chi connectivity index (χ1v) is 22.7.